The highest BCUT2D eigenvalue weighted by molar-refractivity contribution is 6.31. The van der Waals surface area contributed by atoms with Gasteiger partial charge in [-0.05, 0) is 32.4 Å². The third-order valence-corrected chi connectivity index (χ3v) is 4.50. The van der Waals surface area contributed by atoms with E-state index in [0.29, 0.717) is 28.7 Å². The smallest absolute Gasteiger partial charge is 0.141 e. The van der Waals surface area contributed by atoms with E-state index in [1.54, 1.807) is 14.0 Å². The number of benzene rings is 1. The molecular weight excluding hydrogens is 340 g/mol. The molecule has 7 nitrogen and oxygen atoms in total. The molecule has 0 aliphatic rings. The highest BCUT2D eigenvalue weighted by Crippen LogP contribution is 2.37. The molecule has 1 atom stereocenters. The van der Waals surface area contributed by atoms with Crippen molar-refractivity contribution in [3.05, 3.63) is 39.7 Å². The van der Waals surface area contributed by atoms with Crippen molar-refractivity contribution in [3.8, 4) is 5.75 Å². The van der Waals surface area contributed by atoms with Crippen LogP contribution >= 0.6 is 11.6 Å². The summed E-state index contributed by atoms with van der Waals surface area (Å²) in [4.78, 5) is 8.17. The van der Waals surface area contributed by atoms with Crippen molar-refractivity contribution in [1.29, 1.82) is 5.41 Å². The molecule has 0 saturated carbocycles. The Kier molecular flexibility index (Phi) is 5.81. The van der Waals surface area contributed by atoms with Crippen LogP contribution in [-0.2, 0) is 6.54 Å². The van der Waals surface area contributed by atoms with E-state index in [2.05, 4.69) is 15.3 Å². The van der Waals surface area contributed by atoms with E-state index in [-0.39, 0.29) is 17.6 Å². The average Bonchev–Trinajstić information content (AvgIpc) is 2.56. The first-order valence-electron chi connectivity index (χ1n) is 7.80. The van der Waals surface area contributed by atoms with Crippen molar-refractivity contribution >= 4 is 28.9 Å². The van der Waals surface area contributed by atoms with Gasteiger partial charge in [-0.2, -0.15) is 0 Å². The maximum Gasteiger partial charge on any atom is 0.141 e. The first kappa shape index (κ1) is 19.0. The molecule has 0 fully saturated rings. The zero-order valence-electron chi connectivity index (χ0n) is 14.8. The standard InChI is InChI=1S/C17H23ClN6O/c1-8-12(6-19)15(25-4)11(5-13(8)18)10(3)24-17-14(9(2)20)16(21)22-7-23-17/h5,7,10,20H,6,19H2,1-4H3,(H3,21,22,23,24). The summed E-state index contributed by atoms with van der Waals surface area (Å²) in [6.07, 6.45) is 1.36. The van der Waals surface area contributed by atoms with Crippen molar-refractivity contribution in [3.63, 3.8) is 0 Å². The molecule has 0 saturated heterocycles. The fraction of sp³-hybridized carbons (Fsp3) is 0.353. The number of nitrogens with zero attached hydrogens (tertiary/aromatic N) is 2. The van der Waals surface area contributed by atoms with Gasteiger partial charge in [0.25, 0.3) is 0 Å². The lowest BCUT2D eigenvalue weighted by molar-refractivity contribution is 0.402. The molecule has 2 rings (SSSR count). The molecule has 0 spiro atoms. The van der Waals surface area contributed by atoms with E-state index >= 15 is 0 Å². The molecule has 0 amide bonds. The molecule has 134 valence electrons. The monoisotopic (exact) mass is 362 g/mol. The first-order chi connectivity index (χ1) is 11.8. The molecule has 0 aliphatic heterocycles. The fourth-order valence-corrected chi connectivity index (χ4v) is 3.00. The zero-order chi connectivity index (χ0) is 18.7. The fourth-order valence-electron chi connectivity index (χ4n) is 2.77. The van der Waals surface area contributed by atoms with Crippen LogP contribution in [0.25, 0.3) is 0 Å². The van der Waals surface area contributed by atoms with E-state index < -0.39 is 0 Å². The number of nitrogen functional groups attached to an aromatic ring is 1. The minimum atomic E-state index is -0.203. The van der Waals surface area contributed by atoms with Crippen molar-refractivity contribution < 1.29 is 4.74 Å². The normalized spacial score (nSPS) is 11.9. The number of rotatable bonds is 6. The molecule has 1 aromatic heterocycles. The van der Waals surface area contributed by atoms with Gasteiger partial charge >= 0.3 is 0 Å². The van der Waals surface area contributed by atoms with Gasteiger partial charge in [0.05, 0.1) is 18.7 Å². The summed E-state index contributed by atoms with van der Waals surface area (Å²) in [6.45, 7) is 5.82. The maximum absolute atomic E-state index is 7.91. The Morgan fingerprint density at radius 1 is 1.44 bits per heavy atom. The summed E-state index contributed by atoms with van der Waals surface area (Å²) >= 11 is 6.36. The van der Waals surface area contributed by atoms with Crippen molar-refractivity contribution in [2.45, 2.75) is 33.4 Å². The second kappa shape index (κ2) is 7.67. The quantitative estimate of drug-likeness (QED) is 0.585. The molecular formula is C17H23ClN6O. The van der Waals surface area contributed by atoms with Gasteiger partial charge < -0.3 is 26.9 Å². The summed E-state index contributed by atoms with van der Waals surface area (Å²) in [7, 11) is 1.61. The minimum absolute atomic E-state index is 0.203. The Hall–Kier alpha value is -2.38. The maximum atomic E-state index is 7.91. The third kappa shape index (κ3) is 3.67. The predicted molar refractivity (Wildman–Crippen MR) is 102 cm³/mol. The summed E-state index contributed by atoms with van der Waals surface area (Å²) in [6, 6.07) is 1.65. The van der Waals surface area contributed by atoms with Crippen molar-refractivity contribution in [2.24, 2.45) is 5.73 Å². The van der Waals surface area contributed by atoms with E-state index in [4.69, 9.17) is 33.2 Å². The van der Waals surface area contributed by atoms with Crippen LogP contribution in [-0.4, -0.2) is 22.8 Å². The SMILES string of the molecule is COc1c(C(C)Nc2ncnc(N)c2C(C)=N)cc(Cl)c(C)c1CN. The van der Waals surface area contributed by atoms with Gasteiger partial charge in [-0.1, -0.05) is 11.6 Å². The lowest BCUT2D eigenvalue weighted by Gasteiger charge is -2.23. The van der Waals surface area contributed by atoms with Gasteiger partial charge in [0.1, 0.15) is 23.7 Å². The number of ether oxygens (including phenoxy) is 1. The van der Waals surface area contributed by atoms with Gasteiger partial charge in [0.15, 0.2) is 0 Å². The molecule has 0 bridgehead atoms. The van der Waals surface area contributed by atoms with Crippen LogP contribution in [0.4, 0.5) is 11.6 Å². The van der Waals surface area contributed by atoms with E-state index in [9.17, 15) is 0 Å². The molecule has 8 heteroatoms. The second-order valence-corrected chi connectivity index (χ2v) is 6.17. The lowest BCUT2D eigenvalue weighted by atomic mass is 9.98. The number of hydrogen-bond acceptors (Lipinski definition) is 7. The number of anilines is 2. The van der Waals surface area contributed by atoms with E-state index in [0.717, 1.165) is 16.7 Å². The Balaban J connectivity index is 2.50. The lowest BCUT2D eigenvalue weighted by Crippen LogP contribution is -2.16. The van der Waals surface area contributed by atoms with Gasteiger partial charge in [-0.3, -0.25) is 0 Å². The molecule has 0 radical (unpaired) electrons. The van der Waals surface area contributed by atoms with E-state index in [1.807, 2.05) is 19.9 Å². The first-order valence-corrected chi connectivity index (χ1v) is 8.18. The largest absolute Gasteiger partial charge is 0.496 e. The molecule has 2 aromatic rings. The Morgan fingerprint density at radius 3 is 2.68 bits per heavy atom. The Morgan fingerprint density at radius 2 is 2.12 bits per heavy atom. The number of methoxy groups -OCH3 is 1. The molecule has 25 heavy (non-hydrogen) atoms. The summed E-state index contributed by atoms with van der Waals surface area (Å²) in [5.74, 6) is 1.44. The zero-order valence-corrected chi connectivity index (χ0v) is 15.5. The van der Waals surface area contributed by atoms with Gasteiger partial charge in [0.2, 0.25) is 0 Å². The van der Waals surface area contributed by atoms with Gasteiger partial charge in [0, 0.05) is 28.4 Å². The topological polar surface area (TPSA) is 123 Å². The number of halogens is 1. The van der Waals surface area contributed by atoms with Crippen LogP contribution < -0.4 is 21.5 Å². The van der Waals surface area contributed by atoms with Crippen molar-refractivity contribution in [2.75, 3.05) is 18.2 Å². The number of nitrogens with two attached hydrogens (primary N) is 2. The molecule has 1 aromatic carbocycles. The number of hydrogen-bond donors (Lipinski definition) is 4. The van der Waals surface area contributed by atoms with Crippen LogP contribution in [0.1, 0.15) is 42.1 Å². The Bertz CT molecular complexity index is 808. The molecule has 1 heterocycles. The third-order valence-electron chi connectivity index (χ3n) is 4.11. The highest BCUT2D eigenvalue weighted by Gasteiger charge is 2.21. The molecule has 1 unspecified atom stereocenters. The van der Waals surface area contributed by atoms with Crippen LogP contribution in [0, 0.1) is 12.3 Å². The van der Waals surface area contributed by atoms with Crippen LogP contribution in [0.2, 0.25) is 5.02 Å². The second-order valence-electron chi connectivity index (χ2n) is 5.76. The van der Waals surface area contributed by atoms with Crippen molar-refractivity contribution in [1.82, 2.24) is 9.97 Å². The summed E-state index contributed by atoms with van der Waals surface area (Å²) in [5.41, 5.74) is 15.1. The van der Waals surface area contributed by atoms with Crippen LogP contribution in [0.15, 0.2) is 12.4 Å². The number of aromatic nitrogens is 2. The number of nitrogens with one attached hydrogen (secondary N) is 2. The predicted octanol–water partition coefficient (Wildman–Crippen LogP) is 3.05. The van der Waals surface area contributed by atoms with E-state index in [1.165, 1.54) is 6.33 Å². The molecule has 6 N–H and O–H groups in total. The van der Waals surface area contributed by atoms with Gasteiger partial charge in [-0.25, -0.2) is 9.97 Å². The van der Waals surface area contributed by atoms with Crippen LogP contribution in [0.5, 0.6) is 5.75 Å². The highest BCUT2D eigenvalue weighted by atomic mass is 35.5. The van der Waals surface area contributed by atoms with Crippen LogP contribution in [0.3, 0.4) is 0 Å². The minimum Gasteiger partial charge on any atom is -0.496 e. The average molecular weight is 363 g/mol. The van der Waals surface area contributed by atoms with Gasteiger partial charge in [-0.15, -0.1) is 0 Å². The summed E-state index contributed by atoms with van der Waals surface area (Å²) < 4.78 is 5.59. The molecule has 0 aliphatic carbocycles. The summed E-state index contributed by atoms with van der Waals surface area (Å²) in [5, 5.41) is 11.8. The Labute approximate surface area is 152 Å².